The quantitative estimate of drug-likeness (QED) is 0.889. The van der Waals surface area contributed by atoms with Crippen molar-refractivity contribution < 1.29 is 13.6 Å². The smallest absolute Gasteiger partial charge is 0.243 e. The molecular formula is C14H12F2N2O. The van der Waals surface area contributed by atoms with Gasteiger partial charge in [0.05, 0.1) is 6.54 Å². The van der Waals surface area contributed by atoms with Gasteiger partial charge < -0.3 is 10.6 Å². The zero-order chi connectivity index (χ0) is 13.7. The first-order valence-electron chi connectivity index (χ1n) is 5.69. The van der Waals surface area contributed by atoms with E-state index in [9.17, 15) is 13.6 Å². The second-order valence-corrected chi connectivity index (χ2v) is 3.86. The van der Waals surface area contributed by atoms with E-state index in [1.807, 2.05) is 18.2 Å². The summed E-state index contributed by atoms with van der Waals surface area (Å²) >= 11 is 0. The van der Waals surface area contributed by atoms with Crippen LogP contribution in [0.3, 0.4) is 0 Å². The third kappa shape index (κ3) is 3.51. The number of nitrogens with one attached hydrogen (secondary N) is 2. The van der Waals surface area contributed by atoms with Crippen LogP contribution in [0.2, 0.25) is 0 Å². The number of carbonyl (C=O) groups excluding carboxylic acids is 1. The van der Waals surface area contributed by atoms with Gasteiger partial charge in [-0.25, -0.2) is 8.78 Å². The van der Waals surface area contributed by atoms with E-state index in [0.29, 0.717) is 0 Å². The van der Waals surface area contributed by atoms with Crippen LogP contribution in [0.1, 0.15) is 0 Å². The number of halogens is 2. The molecule has 0 heterocycles. The molecule has 0 saturated carbocycles. The van der Waals surface area contributed by atoms with E-state index < -0.39 is 23.2 Å². The highest BCUT2D eigenvalue weighted by atomic mass is 19.1. The molecule has 0 spiro atoms. The van der Waals surface area contributed by atoms with Gasteiger partial charge in [0.1, 0.15) is 17.3 Å². The molecule has 98 valence electrons. The second-order valence-electron chi connectivity index (χ2n) is 3.86. The summed E-state index contributed by atoms with van der Waals surface area (Å²) in [5.74, 6) is -2.12. The fourth-order valence-electron chi connectivity index (χ4n) is 1.54. The molecular weight excluding hydrogens is 250 g/mol. The highest BCUT2D eigenvalue weighted by molar-refractivity contribution is 5.93. The van der Waals surface area contributed by atoms with Gasteiger partial charge in [0.25, 0.3) is 0 Å². The van der Waals surface area contributed by atoms with Gasteiger partial charge >= 0.3 is 0 Å². The molecule has 0 aliphatic heterocycles. The Hall–Kier alpha value is -2.43. The lowest BCUT2D eigenvalue weighted by Crippen LogP contribution is -2.22. The number of hydrogen-bond donors (Lipinski definition) is 2. The minimum atomic E-state index is -0.798. The van der Waals surface area contributed by atoms with E-state index in [1.165, 1.54) is 6.07 Å². The van der Waals surface area contributed by atoms with Gasteiger partial charge in [-0.05, 0) is 24.3 Å². The number of rotatable bonds is 4. The number of amides is 1. The van der Waals surface area contributed by atoms with Crippen LogP contribution in [-0.4, -0.2) is 12.5 Å². The molecule has 0 saturated heterocycles. The highest BCUT2D eigenvalue weighted by Gasteiger charge is 2.11. The first-order chi connectivity index (χ1) is 9.16. The summed E-state index contributed by atoms with van der Waals surface area (Å²) in [7, 11) is 0. The lowest BCUT2D eigenvalue weighted by atomic mass is 10.3. The lowest BCUT2D eigenvalue weighted by molar-refractivity contribution is -0.114. The number of hydrogen-bond acceptors (Lipinski definition) is 2. The van der Waals surface area contributed by atoms with Crippen molar-refractivity contribution in [2.24, 2.45) is 0 Å². The molecule has 0 aliphatic carbocycles. The molecule has 2 N–H and O–H groups in total. The average Bonchev–Trinajstić information content (AvgIpc) is 2.42. The Labute approximate surface area is 109 Å². The molecule has 0 radical (unpaired) electrons. The molecule has 0 aromatic heterocycles. The minimum absolute atomic E-state index is 0.0716. The summed E-state index contributed by atoms with van der Waals surface area (Å²) < 4.78 is 26.6. The van der Waals surface area contributed by atoms with Crippen molar-refractivity contribution in [2.45, 2.75) is 0 Å². The molecule has 2 aromatic carbocycles. The first kappa shape index (κ1) is 13.0. The van der Waals surface area contributed by atoms with Gasteiger partial charge in [-0.1, -0.05) is 24.3 Å². The molecule has 2 rings (SSSR count). The van der Waals surface area contributed by atoms with E-state index >= 15 is 0 Å². The van der Waals surface area contributed by atoms with Gasteiger partial charge in [0.2, 0.25) is 5.91 Å². The van der Waals surface area contributed by atoms with Gasteiger partial charge in [-0.15, -0.1) is 0 Å². The SMILES string of the molecule is O=C(CNc1ccccc1)Nc1c(F)cccc1F. The molecule has 1 amide bonds. The van der Waals surface area contributed by atoms with Crippen molar-refractivity contribution in [1.29, 1.82) is 0 Å². The van der Waals surface area contributed by atoms with Crippen molar-refractivity contribution in [3.05, 3.63) is 60.2 Å². The fourth-order valence-corrected chi connectivity index (χ4v) is 1.54. The average molecular weight is 262 g/mol. The maximum absolute atomic E-state index is 13.3. The summed E-state index contributed by atoms with van der Waals surface area (Å²) in [4.78, 5) is 11.6. The Morgan fingerprint density at radius 1 is 0.947 bits per heavy atom. The molecule has 2 aromatic rings. The van der Waals surface area contributed by atoms with Gasteiger partial charge in [0.15, 0.2) is 0 Å². The van der Waals surface area contributed by atoms with Crippen LogP contribution < -0.4 is 10.6 Å². The Bertz CT molecular complexity index is 553. The maximum Gasteiger partial charge on any atom is 0.243 e. The van der Waals surface area contributed by atoms with Crippen molar-refractivity contribution >= 4 is 17.3 Å². The van der Waals surface area contributed by atoms with Gasteiger partial charge in [0, 0.05) is 5.69 Å². The number of para-hydroxylation sites is 2. The van der Waals surface area contributed by atoms with Crippen molar-refractivity contribution in [2.75, 3.05) is 17.2 Å². The van der Waals surface area contributed by atoms with Crippen molar-refractivity contribution in [3.8, 4) is 0 Å². The normalized spacial score (nSPS) is 10.0. The molecule has 0 unspecified atom stereocenters. The largest absolute Gasteiger partial charge is 0.376 e. The minimum Gasteiger partial charge on any atom is -0.376 e. The van der Waals surface area contributed by atoms with Crippen LogP contribution in [0.4, 0.5) is 20.2 Å². The predicted octanol–water partition coefficient (Wildman–Crippen LogP) is 3.02. The molecule has 0 atom stereocenters. The standard InChI is InChI=1S/C14H12F2N2O/c15-11-7-4-8-12(16)14(11)18-13(19)9-17-10-5-2-1-3-6-10/h1-8,17H,9H2,(H,18,19). The van der Waals surface area contributed by atoms with Gasteiger partial charge in [-0.2, -0.15) is 0 Å². The topological polar surface area (TPSA) is 41.1 Å². The number of anilines is 2. The van der Waals surface area contributed by atoms with Crippen LogP contribution in [0.15, 0.2) is 48.5 Å². The van der Waals surface area contributed by atoms with E-state index in [-0.39, 0.29) is 6.54 Å². The molecule has 0 fully saturated rings. The van der Waals surface area contributed by atoms with E-state index in [2.05, 4.69) is 10.6 Å². The van der Waals surface area contributed by atoms with Crippen molar-refractivity contribution in [3.63, 3.8) is 0 Å². The molecule has 19 heavy (non-hydrogen) atoms. The molecule has 0 bridgehead atoms. The van der Waals surface area contributed by atoms with E-state index in [1.54, 1.807) is 12.1 Å². The predicted molar refractivity (Wildman–Crippen MR) is 69.9 cm³/mol. The Morgan fingerprint density at radius 2 is 1.58 bits per heavy atom. The zero-order valence-corrected chi connectivity index (χ0v) is 9.99. The maximum atomic E-state index is 13.3. The summed E-state index contributed by atoms with van der Waals surface area (Å²) in [5.41, 5.74) is 0.328. The molecule has 0 aliphatic rings. The molecule has 3 nitrogen and oxygen atoms in total. The summed E-state index contributed by atoms with van der Waals surface area (Å²) in [5, 5.41) is 5.04. The van der Waals surface area contributed by atoms with E-state index in [0.717, 1.165) is 17.8 Å². The highest BCUT2D eigenvalue weighted by Crippen LogP contribution is 2.17. The van der Waals surface area contributed by atoms with E-state index in [4.69, 9.17) is 0 Å². The van der Waals surface area contributed by atoms with Crippen LogP contribution in [0.25, 0.3) is 0 Å². The Balaban J connectivity index is 1.95. The monoisotopic (exact) mass is 262 g/mol. The number of benzene rings is 2. The van der Waals surface area contributed by atoms with Crippen LogP contribution in [0.5, 0.6) is 0 Å². The first-order valence-corrected chi connectivity index (χ1v) is 5.69. The van der Waals surface area contributed by atoms with Gasteiger partial charge in [-0.3, -0.25) is 4.79 Å². The Kier molecular flexibility index (Phi) is 4.07. The third-order valence-electron chi connectivity index (χ3n) is 2.45. The zero-order valence-electron chi connectivity index (χ0n) is 9.99. The van der Waals surface area contributed by atoms with Crippen LogP contribution >= 0.6 is 0 Å². The summed E-state index contributed by atoms with van der Waals surface area (Å²) in [6, 6.07) is 12.5. The Morgan fingerprint density at radius 3 is 2.21 bits per heavy atom. The third-order valence-corrected chi connectivity index (χ3v) is 2.45. The van der Waals surface area contributed by atoms with Crippen LogP contribution in [0, 0.1) is 11.6 Å². The second kappa shape index (κ2) is 5.95. The lowest BCUT2D eigenvalue weighted by Gasteiger charge is -2.09. The van der Waals surface area contributed by atoms with Crippen molar-refractivity contribution in [1.82, 2.24) is 0 Å². The van der Waals surface area contributed by atoms with Crippen LogP contribution in [-0.2, 0) is 4.79 Å². The summed E-state index contributed by atoms with van der Waals surface area (Å²) in [6.45, 7) is -0.0716. The fraction of sp³-hybridized carbons (Fsp3) is 0.0714. The summed E-state index contributed by atoms with van der Waals surface area (Å²) in [6.07, 6.45) is 0. The molecule has 5 heteroatoms. The number of carbonyl (C=O) groups is 1.